The second-order valence-electron chi connectivity index (χ2n) is 2.55. The van der Waals surface area contributed by atoms with Crippen LogP contribution in [0, 0.1) is 0 Å². The summed E-state index contributed by atoms with van der Waals surface area (Å²) < 4.78 is 6.27. The van der Waals surface area contributed by atoms with E-state index in [2.05, 4.69) is 10.1 Å². The first kappa shape index (κ1) is 7.72. The van der Waals surface area contributed by atoms with Crippen LogP contribution in [0.5, 0.6) is 0 Å². The van der Waals surface area contributed by atoms with Crippen molar-refractivity contribution < 1.29 is 4.42 Å². The SMILES string of the molecule is Cn1nc(-c2cnco2)ccc1=O. The minimum atomic E-state index is -0.150. The van der Waals surface area contributed by atoms with E-state index in [0.717, 1.165) is 0 Å². The largest absolute Gasteiger partial charge is 0.442 e. The van der Waals surface area contributed by atoms with Crippen LogP contribution in [0.25, 0.3) is 11.5 Å². The summed E-state index contributed by atoms with van der Waals surface area (Å²) in [5.41, 5.74) is 0.447. The van der Waals surface area contributed by atoms with Gasteiger partial charge in [0.25, 0.3) is 5.56 Å². The van der Waals surface area contributed by atoms with Crippen molar-refractivity contribution in [2.75, 3.05) is 0 Å². The summed E-state index contributed by atoms with van der Waals surface area (Å²) >= 11 is 0. The van der Waals surface area contributed by atoms with E-state index in [9.17, 15) is 4.79 Å². The maximum absolute atomic E-state index is 11.0. The lowest BCUT2D eigenvalue weighted by molar-refractivity contribution is 0.564. The van der Waals surface area contributed by atoms with E-state index in [0.29, 0.717) is 11.5 Å². The fourth-order valence-electron chi connectivity index (χ4n) is 0.976. The molecule has 0 bridgehead atoms. The molecule has 0 atom stereocenters. The standard InChI is InChI=1S/C8H7N3O2/c1-11-8(12)3-2-6(10-11)7-4-9-5-13-7/h2-5H,1H3. The minimum absolute atomic E-state index is 0.150. The highest BCUT2D eigenvalue weighted by atomic mass is 16.3. The second kappa shape index (κ2) is 2.85. The summed E-state index contributed by atoms with van der Waals surface area (Å²) in [7, 11) is 1.59. The third-order valence-electron chi connectivity index (χ3n) is 1.65. The van der Waals surface area contributed by atoms with Crippen molar-refractivity contribution in [1.29, 1.82) is 0 Å². The molecule has 2 rings (SSSR count). The smallest absolute Gasteiger partial charge is 0.266 e. The molecular weight excluding hydrogens is 170 g/mol. The van der Waals surface area contributed by atoms with E-state index in [-0.39, 0.29) is 5.56 Å². The van der Waals surface area contributed by atoms with Crippen LogP contribution < -0.4 is 5.56 Å². The first-order chi connectivity index (χ1) is 6.27. The molecule has 0 radical (unpaired) electrons. The highest BCUT2D eigenvalue weighted by Gasteiger charge is 2.03. The Labute approximate surface area is 73.6 Å². The van der Waals surface area contributed by atoms with Gasteiger partial charge in [-0.25, -0.2) is 9.67 Å². The molecule has 5 nitrogen and oxygen atoms in total. The Hall–Kier alpha value is -1.91. The van der Waals surface area contributed by atoms with Gasteiger partial charge in [-0.15, -0.1) is 0 Å². The zero-order valence-electron chi connectivity index (χ0n) is 6.97. The Morgan fingerprint density at radius 2 is 2.31 bits per heavy atom. The number of hydrogen-bond donors (Lipinski definition) is 0. The first-order valence-electron chi connectivity index (χ1n) is 3.70. The molecule has 0 aromatic carbocycles. The molecule has 2 aromatic heterocycles. The van der Waals surface area contributed by atoms with Crippen molar-refractivity contribution in [3.63, 3.8) is 0 Å². The van der Waals surface area contributed by atoms with Crippen LogP contribution in [0.2, 0.25) is 0 Å². The molecule has 13 heavy (non-hydrogen) atoms. The van der Waals surface area contributed by atoms with Crippen LogP contribution in [0.3, 0.4) is 0 Å². The van der Waals surface area contributed by atoms with Crippen molar-refractivity contribution in [2.24, 2.45) is 7.05 Å². The average Bonchev–Trinajstić information content (AvgIpc) is 2.62. The maximum atomic E-state index is 11.0. The summed E-state index contributed by atoms with van der Waals surface area (Å²) in [6.45, 7) is 0. The molecular formula is C8H7N3O2. The monoisotopic (exact) mass is 177 g/mol. The summed E-state index contributed by atoms with van der Waals surface area (Å²) in [5, 5.41) is 3.99. The fourth-order valence-corrected chi connectivity index (χ4v) is 0.976. The number of nitrogens with zero attached hydrogens (tertiary/aromatic N) is 3. The van der Waals surface area contributed by atoms with Crippen molar-refractivity contribution >= 4 is 0 Å². The van der Waals surface area contributed by atoms with Gasteiger partial charge >= 0.3 is 0 Å². The molecule has 0 unspecified atom stereocenters. The summed E-state index contributed by atoms with van der Waals surface area (Å²) in [6.07, 6.45) is 2.87. The molecule has 0 N–H and O–H groups in total. The van der Waals surface area contributed by atoms with E-state index in [1.165, 1.54) is 17.1 Å². The maximum Gasteiger partial charge on any atom is 0.266 e. The fraction of sp³-hybridized carbons (Fsp3) is 0.125. The van der Waals surface area contributed by atoms with Gasteiger partial charge in [0.15, 0.2) is 12.2 Å². The van der Waals surface area contributed by atoms with Gasteiger partial charge in [-0.05, 0) is 6.07 Å². The zero-order chi connectivity index (χ0) is 9.26. The number of oxazole rings is 1. The van der Waals surface area contributed by atoms with Gasteiger partial charge in [-0.3, -0.25) is 4.79 Å². The van der Waals surface area contributed by atoms with Crippen LogP contribution in [0.4, 0.5) is 0 Å². The number of aryl methyl sites for hydroxylation is 1. The lowest BCUT2D eigenvalue weighted by Crippen LogP contribution is -2.18. The normalized spacial score (nSPS) is 10.2. The van der Waals surface area contributed by atoms with Crippen LogP contribution in [-0.4, -0.2) is 14.8 Å². The molecule has 5 heteroatoms. The highest BCUT2D eigenvalue weighted by molar-refractivity contribution is 5.48. The molecule has 0 spiro atoms. The van der Waals surface area contributed by atoms with Crippen molar-refractivity contribution in [2.45, 2.75) is 0 Å². The number of rotatable bonds is 1. The molecule has 2 heterocycles. The predicted octanol–water partition coefficient (Wildman–Crippen LogP) is 0.435. The van der Waals surface area contributed by atoms with Gasteiger partial charge in [0.2, 0.25) is 0 Å². The molecule has 0 amide bonds. The molecule has 0 fully saturated rings. The van der Waals surface area contributed by atoms with Crippen LogP contribution in [-0.2, 0) is 7.05 Å². The quantitative estimate of drug-likeness (QED) is 0.634. The van der Waals surface area contributed by atoms with E-state index in [1.807, 2.05) is 0 Å². The molecule has 66 valence electrons. The summed E-state index contributed by atoms with van der Waals surface area (Å²) in [5.74, 6) is 0.551. The van der Waals surface area contributed by atoms with Crippen molar-refractivity contribution in [1.82, 2.24) is 14.8 Å². The number of aromatic nitrogens is 3. The van der Waals surface area contributed by atoms with Gasteiger partial charge in [-0.1, -0.05) is 0 Å². The molecule has 0 saturated heterocycles. The number of hydrogen-bond acceptors (Lipinski definition) is 4. The van der Waals surface area contributed by atoms with Gasteiger partial charge < -0.3 is 4.42 Å². The summed E-state index contributed by atoms with van der Waals surface area (Å²) in [4.78, 5) is 14.8. The summed E-state index contributed by atoms with van der Waals surface area (Å²) in [6, 6.07) is 3.04. The van der Waals surface area contributed by atoms with Gasteiger partial charge in [-0.2, -0.15) is 5.10 Å². The molecule has 2 aromatic rings. The van der Waals surface area contributed by atoms with E-state index >= 15 is 0 Å². The van der Waals surface area contributed by atoms with Gasteiger partial charge in [0.05, 0.1) is 6.20 Å². The van der Waals surface area contributed by atoms with Gasteiger partial charge in [0.1, 0.15) is 5.69 Å². The average molecular weight is 177 g/mol. The third kappa shape index (κ3) is 1.35. The van der Waals surface area contributed by atoms with Crippen molar-refractivity contribution in [3.8, 4) is 11.5 Å². The Bertz CT molecular complexity index is 458. The van der Waals surface area contributed by atoms with Crippen LogP contribution in [0.15, 0.2) is 33.9 Å². The Balaban J connectivity index is 2.55. The first-order valence-corrected chi connectivity index (χ1v) is 3.70. The van der Waals surface area contributed by atoms with E-state index in [4.69, 9.17) is 4.42 Å². The van der Waals surface area contributed by atoms with Crippen LogP contribution >= 0.6 is 0 Å². The zero-order valence-corrected chi connectivity index (χ0v) is 6.97. The second-order valence-corrected chi connectivity index (χ2v) is 2.55. The molecule has 0 aliphatic rings. The molecule has 0 aliphatic heterocycles. The Morgan fingerprint density at radius 1 is 1.46 bits per heavy atom. The lowest BCUT2D eigenvalue weighted by Gasteiger charge is -1.97. The Morgan fingerprint density at radius 3 is 2.92 bits per heavy atom. The topological polar surface area (TPSA) is 60.9 Å². The van der Waals surface area contributed by atoms with Crippen LogP contribution in [0.1, 0.15) is 0 Å². The molecule has 0 aliphatic carbocycles. The van der Waals surface area contributed by atoms with Gasteiger partial charge in [0, 0.05) is 13.1 Å². The highest BCUT2D eigenvalue weighted by Crippen LogP contribution is 2.12. The van der Waals surface area contributed by atoms with Crippen molar-refractivity contribution in [3.05, 3.63) is 35.1 Å². The lowest BCUT2D eigenvalue weighted by atomic mass is 10.3. The third-order valence-corrected chi connectivity index (χ3v) is 1.65. The molecule has 0 saturated carbocycles. The van der Waals surface area contributed by atoms with E-state index in [1.54, 1.807) is 19.3 Å². The van der Waals surface area contributed by atoms with E-state index < -0.39 is 0 Å². The predicted molar refractivity (Wildman–Crippen MR) is 45.0 cm³/mol. The minimum Gasteiger partial charge on any atom is -0.442 e. The Kier molecular flexibility index (Phi) is 1.70.